The molecular formula is C11H17N3O2. The summed E-state index contributed by atoms with van der Waals surface area (Å²) in [6.45, 7) is 5.47. The van der Waals surface area contributed by atoms with Crippen molar-refractivity contribution in [3.63, 3.8) is 0 Å². The van der Waals surface area contributed by atoms with Gasteiger partial charge in [0.25, 0.3) is 0 Å². The molecule has 0 bridgehead atoms. The van der Waals surface area contributed by atoms with Crippen molar-refractivity contribution >= 4 is 5.97 Å². The minimum Gasteiger partial charge on any atom is -0.477 e. The van der Waals surface area contributed by atoms with E-state index in [1.54, 1.807) is 10.7 Å². The van der Waals surface area contributed by atoms with Crippen LogP contribution in [0.15, 0.2) is 6.07 Å². The van der Waals surface area contributed by atoms with Crippen LogP contribution in [0.4, 0.5) is 0 Å². The van der Waals surface area contributed by atoms with Crippen LogP contribution in [0, 0.1) is 0 Å². The van der Waals surface area contributed by atoms with Gasteiger partial charge >= 0.3 is 5.97 Å². The predicted molar refractivity (Wildman–Crippen MR) is 59.4 cm³/mol. The van der Waals surface area contributed by atoms with Crippen molar-refractivity contribution in [3.8, 4) is 0 Å². The van der Waals surface area contributed by atoms with Crippen molar-refractivity contribution in [1.29, 1.82) is 0 Å². The number of hydrogen-bond acceptors (Lipinski definition) is 3. The van der Waals surface area contributed by atoms with Crippen LogP contribution in [0.3, 0.4) is 0 Å². The number of carboxylic acids is 1. The lowest BCUT2D eigenvalue weighted by Gasteiger charge is -2.11. The Morgan fingerprint density at radius 2 is 2.19 bits per heavy atom. The topological polar surface area (TPSA) is 58.4 Å². The molecule has 0 radical (unpaired) electrons. The maximum absolute atomic E-state index is 11.0. The maximum Gasteiger partial charge on any atom is 0.354 e. The van der Waals surface area contributed by atoms with Crippen LogP contribution in [-0.2, 0) is 13.1 Å². The molecule has 0 saturated carbocycles. The number of carboxylic acid groups (broad SMARTS) is 1. The second-order valence-electron chi connectivity index (χ2n) is 4.13. The van der Waals surface area contributed by atoms with E-state index in [-0.39, 0.29) is 5.69 Å². The molecule has 1 aliphatic rings. The van der Waals surface area contributed by atoms with Gasteiger partial charge in [0.1, 0.15) is 5.69 Å². The van der Waals surface area contributed by atoms with E-state index in [4.69, 9.17) is 5.11 Å². The minimum atomic E-state index is -0.901. The average molecular weight is 223 g/mol. The van der Waals surface area contributed by atoms with E-state index < -0.39 is 5.97 Å². The predicted octanol–water partition coefficient (Wildman–Crippen LogP) is 1.20. The molecule has 0 aromatic carbocycles. The molecule has 1 saturated heterocycles. The monoisotopic (exact) mass is 223 g/mol. The molecule has 1 N–H and O–H groups in total. The molecule has 88 valence electrons. The Bertz CT molecular complexity index is 381. The Kier molecular flexibility index (Phi) is 3.24. The van der Waals surface area contributed by atoms with E-state index in [1.165, 1.54) is 12.8 Å². The van der Waals surface area contributed by atoms with Crippen LogP contribution < -0.4 is 0 Å². The van der Waals surface area contributed by atoms with Crippen LogP contribution in [0.5, 0.6) is 0 Å². The molecule has 1 aromatic rings. The van der Waals surface area contributed by atoms with Crippen molar-refractivity contribution in [3.05, 3.63) is 17.5 Å². The number of likely N-dealkylation sites (tertiary alicyclic amines) is 1. The van der Waals surface area contributed by atoms with E-state index in [2.05, 4.69) is 10.00 Å². The Balaban J connectivity index is 2.12. The summed E-state index contributed by atoms with van der Waals surface area (Å²) in [4.78, 5) is 13.3. The number of aromatic carboxylic acids is 1. The summed E-state index contributed by atoms with van der Waals surface area (Å²) in [5.74, 6) is -0.901. The van der Waals surface area contributed by atoms with Gasteiger partial charge in [-0.05, 0) is 38.9 Å². The first kappa shape index (κ1) is 11.1. The third-order valence-electron chi connectivity index (χ3n) is 2.93. The maximum atomic E-state index is 11.0. The molecule has 1 aromatic heterocycles. The van der Waals surface area contributed by atoms with E-state index in [1.807, 2.05) is 6.92 Å². The molecule has 2 rings (SSSR count). The fourth-order valence-corrected chi connectivity index (χ4v) is 2.13. The van der Waals surface area contributed by atoms with Crippen molar-refractivity contribution in [2.24, 2.45) is 0 Å². The van der Waals surface area contributed by atoms with Gasteiger partial charge in [0.05, 0.1) is 5.69 Å². The van der Waals surface area contributed by atoms with Gasteiger partial charge in [-0.25, -0.2) is 4.79 Å². The molecule has 0 amide bonds. The zero-order valence-corrected chi connectivity index (χ0v) is 9.52. The lowest BCUT2D eigenvalue weighted by Crippen LogP contribution is -2.18. The van der Waals surface area contributed by atoms with Crippen LogP contribution >= 0.6 is 0 Å². The van der Waals surface area contributed by atoms with E-state index >= 15 is 0 Å². The Hall–Kier alpha value is -1.36. The Morgan fingerprint density at radius 1 is 1.50 bits per heavy atom. The molecule has 2 heterocycles. The quantitative estimate of drug-likeness (QED) is 0.833. The van der Waals surface area contributed by atoms with Gasteiger partial charge in [-0.1, -0.05) is 0 Å². The number of aryl methyl sites for hydroxylation is 1. The fraction of sp³-hybridized carbons (Fsp3) is 0.636. The van der Waals surface area contributed by atoms with Crippen LogP contribution in [0.2, 0.25) is 0 Å². The lowest BCUT2D eigenvalue weighted by molar-refractivity contribution is 0.0683. The zero-order chi connectivity index (χ0) is 11.5. The van der Waals surface area contributed by atoms with Crippen molar-refractivity contribution in [1.82, 2.24) is 14.7 Å². The number of aromatic nitrogens is 2. The summed E-state index contributed by atoms with van der Waals surface area (Å²) in [5.41, 5.74) is 1.15. The van der Waals surface area contributed by atoms with Crippen LogP contribution in [0.25, 0.3) is 0 Å². The molecule has 5 nitrogen and oxygen atoms in total. The van der Waals surface area contributed by atoms with Gasteiger partial charge < -0.3 is 5.11 Å². The average Bonchev–Trinajstić information content (AvgIpc) is 2.87. The first-order valence-electron chi connectivity index (χ1n) is 5.73. The SMILES string of the molecule is CCn1nc(CN2CCCC2)cc1C(=O)O. The number of nitrogens with zero attached hydrogens (tertiary/aromatic N) is 3. The molecule has 1 fully saturated rings. The molecule has 0 aliphatic carbocycles. The highest BCUT2D eigenvalue weighted by atomic mass is 16.4. The highest BCUT2D eigenvalue weighted by Gasteiger charge is 2.17. The smallest absolute Gasteiger partial charge is 0.354 e. The molecular weight excluding hydrogens is 206 g/mol. The van der Waals surface area contributed by atoms with Crippen molar-refractivity contribution < 1.29 is 9.90 Å². The number of hydrogen-bond donors (Lipinski definition) is 1. The third kappa shape index (κ3) is 2.24. The summed E-state index contributed by atoms with van der Waals surface area (Å²) in [6.07, 6.45) is 2.47. The Morgan fingerprint density at radius 3 is 2.69 bits per heavy atom. The standard InChI is InChI=1S/C11H17N3O2/c1-2-14-10(11(15)16)7-9(12-14)8-13-5-3-4-6-13/h7H,2-6,8H2,1H3,(H,15,16). The van der Waals surface area contributed by atoms with E-state index in [0.29, 0.717) is 6.54 Å². The van der Waals surface area contributed by atoms with Crippen molar-refractivity contribution in [2.45, 2.75) is 32.9 Å². The first-order valence-corrected chi connectivity index (χ1v) is 5.73. The van der Waals surface area contributed by atoms with Crippen LogP contribution in [0.1, 0.15) is 35.9 Å². The first-order chi connectivity index (χ1) is 7.70. The summed E-state index contributed by atoms with van der Waals surface area (Å²) in [6, 6.07) is 1.68. The number of carbonyl (C=O) groups is 1. The molecule has 16 heavy (non-hydrogen) atoms. The summed E-state index contributed by atoms with van der Waals surface area (Å²) in [7, 11) is 0. The summed E-state index contributed by atoms with van der Waals surface area (Å²) in [5, 5.41) is 13.3. The zero-order valence-electron chi connectivity index (χ0n) is 9.52. The van der Waals surface area contributed by atoms with Gasteiger partial charge in [0, 0.05) is 13.1 Å². The van der Waals surface area contributed by atoms with Gasteiger partial charge in [-0.3, -0.25) is 9.58 Å². The fourth-order valence-electron chi connectivity index (χ4n) is 2.13. The largest absolute Gasteiger partial charge is 0.477 e. The second kappa shape index (κ2) is 4.65. The van der Waals surface area contributed by atoms with E-state index in [9.17, 15) is 4.79 Å². The molecule has 0 spiro atoms. The molecule has 0 atom stereocenters. The lowest BCUT2D eigenvalue weighted by atomic mass is 10.3. The number of rotatable bonds is 4. The van der Waals surface area contributed by atoms with Gasteiger partial charge in [-0.15, -0.1) is 0 Å². The normalized spacial score (nSPS) is 16.8. The summed E-state index contributed by atoms with van der Waals surface area (Å²) >= 11 is 0. The van der Waals surface area contributed by atoms with Crippen LogP contribution in [-0.4, -0.2) is 38.8 Å². The third-order valence-corrected chi connectivity index (χ3v) is 2.93. The summed E-state index contributed by atoms with van der Waals surface area (Å²) < 4.78 is 1.55. The second-order valence-corrected chi connectivity index (χ2v) is 4.13. The highest BCUT2D eigenvalue weighted by Crippen LogP contribution is 2.13. The van der Waals surface area contributed by atoms with Gasteiger partial charge in [-0.2, -0.15) is 5.10 Å². The van der Waals surface area contributed by atoms with Gasteiger partial charge in [0.15, 0.2) is 0 Å². The molecule has 1 aliphatic heterocycles. The van der Waals surface area contributed by atoms with Crippen molar-refractivity contribution in [2.75, 3.05) is 13.1 Å². The van der Waals surface area contributed by atoms with E-state index in [0.717, 1.165) is 25.3 Å². The van der Waals surface area contributed by atoms with Gasteiger partial charge in [0.2, 0.25) is 0 Å². The highest BCUT2D eigenvalue weighted by molar-refractivity contribution is 5.85. The Labute approximate surface area is 94.7 Å². The minimum absolute atomic E-state index is 0.289. The molecule has 0 unspecified atom stereocenters. The molecule has 5 heteroatoms.